The van der Waals surface area contributed by atoms with Crippen LogP contribution in [-0.4, -0.2) is 33.2 Å². The van der Waals surface area contributed by atoms with Gasteiger partial charge in [-0.15, -0.1) is 0 Å². The van der Waals surface area contributed by atoms with E-state index in [0.717, 1.165) is 5.56 Å². The van der Waals surface area contributed by atoms with Crippen LogP contribution in [0.15, 0.2) is 40.9 Å². The largest absolute Gasteiger partial charge is 0.480 e. The van der Waals surface area contributed by atoms with Crippen LogP contribution in [0, 0.1) is 6.92 Å². The molecule has 1 amide bonds. The molecular formula is C20H21N3O4. The van der Waals surface area contributed by atoms with Crippen molar-refractivity contribution in [3.05, 3.63) is 58.9 Å². The summed E-state index contributed by atoms with van der Waals surface area (Å²) >= 11 is 0. The second-order valence-electron chi connectivity index (χ2n) is 6.75. The van der Waals surface area contributed by atoms with Gasteiger partial charge in [0.1, 0.15) is 6.04 Å². The van der Waals surface area contributed by atoms with Crippen molar-refractivity contribution in [2.45, 2.75) is 39.2 Å². The molecule has 3 aromatic rings. The Bertz CT molecular complexity index is 980. The predicted molar refractivity (Wildman–Crippen MR) is 99.7 cm³/mol. The molecule has 0 fully saturated rings. The number of hydrogen-bond donors (Lipinski definition) is 2. The van der Waals surface area contributed by atoms with Crippen molar-refractivity contribution < 1.29 is 19.2 Å². The molecule has 7 nitrogen and oxygen atoms in total. The van der Waals surface area contributed by atoms with Gasteiger partial charge >= 0.3 is 5.97 Å². The maximum absolute atomic E-state index is 12.9. The second-order valence-corrected chi connectivity index (χ2v) is 6.75. The van der Waals surface area contributed by atoms with Crippen molar-refractivity contribution >= 4 is 23.0 Å². The number of aryl methyl sites for hydroxylation is 1. The topological polar surface area (TPSA) is 105 Å². The molecule has 0 aliphatic carbocycles. The Labute approximate surface area is 156 Å². The van der Waals surface area contributed by atoms with Crippen molar-refractivity contribution in [3.63, 3.8) is 0 Å². The summed E-state index contributed by atoms with van der Waals surface area (Å²) in [5.74, 6) is -1.51. The van der Waals surface area contributed by atoms with Crippen LogP contribution in [0.25, 0.3) is 11.1 Å². The SMILES string of the molecule is Cc1noc2nc(C(C)C)cc(C(=O)NC(Cc3ccccc3)C(=O)O)c12. The summed E-state index contributed by atoms with van der Waals surface area (Å²) < 4.78 is 5.22. The van der Waals surface area contributed by atoms with Crippen molar-refractivity contribution in [2.75, 3.05) is 0 Å². The Kier molecular flexibility index (Phi) is 5.21. The minimum Gasteiger partial charge on any atom is -0.480 e. The zero-order valence-corrected chi connectivity index (χ0v) is 15.4. The minimum atomic E-state index is -1.09. The second kappa shape index (κ2) is 7.57. The molecule has 0 spiro atoms. The molecule has 0 aliphatic rings. The molecule has 140 valence electrons. The third kappa shape index (κ3) is 3.97. The molecule has 0 bridgehead atoms. The van der Waals surface area contributed by atoms with E-state index in [9.17, 15) is 14.7 Å². The number of carboxylic acids is 1. The third-order valence-corrected chi connectivity index (χ3v) is 4.36. The molecule has 0 saturated carbocycles. The number of aromatic nitrogens is 2. The maximum atomic E-state index is 12.9. The molecule has 1 unspecified atom stereocenters. The number of hydrogen-bond acceptors (Lipinski definition) is 5. The van der Waals surface area contributed by atoms with E-state index in [1.54, 1.807) is 13.0 Å². The summed E-state index contributed by atoms with van der Waals surface area (Å²) in [4.78, 5) is 29.0. The number of pyridine rings is 1. The number of aliphatic carboxylic acids is 1. The number of carbonyl (C=O) groups excluding carboxylic acids is 1. The van der Waals surface area contributed by atoms with Gasteiger partial charge < -0.3 is 14.9 Å². The lowest BCUT2D eigenvalue weighted by atomic mass is 10.0. The summed E-state index contributed by atoms with van der Waals surface area (Å²) in [6, 6.07) is 9.80. The van der Waals surface area contributed by atoms with E-state index in [1.165, 1.54) is 0 Å². The molecule has 7 heteroatoms. The fourth-order valence-electron chi connectivity index (χ4n) is 2.87. The monoisotopic (exact) mass is 367 g/mol. The zero-order valence-electron chi connectivity index (χ0n) is 15.4. The summed E-state index contributed by atoms with van der Waals surface area (Å²) in [7, 11) is 0. The van der Waals surface area contributed by atoms with Crippen LogP contribution in [0.1, 0.15) is 47.1 Å². The van der Waals surface area contributed by atoms with E-state index < -0.39 is 17.9 Å². The number of nitrogens with one attached hydrogen (secondary N) is 1. The van der Waals surface area contributed by atoms with Crippen molar-refractivity contribution in [1.29, 1.82) is 0 Å². The summed E-state index contributed by atoms with van der Waals surface area (Å²) in [5.41, 5.74) is 2.64. The quantitative estimate of drug-likeness (QED) is 0.694. The molecule has 2 heterocycles. The smallest absolute Gasteiger partial charge is 0.326 e. The highest BCUT2D eigenvalue weighted by atomic mass is 16.5. The Hall–Kier alpha value is -3.22. The number of fused-ring (bicyclic) bond motifs is 1. The molecule has 3 rings (SSSR count). The van der Waals surface area contributed by atoms with Crippen LogP contribution in [0.5, 0.6) is 0 Å². The molecular weight excluding hydrogens is 346 g/mol. The molecule has 0 aliphatic heterocycles. The highest BCUT2D eigenvalue weighted by Gasteiger charge is 2.25. The first-order chi connectivity index (χ1) is 12.9. The number of rotatable bonds is 6. The lowest BCUT2D eigenvalue weighted by molar-refractivity contribution is -0.139. The van der Waals surface area contributed by atoms with Gasteiger partial charge in [-0.25, -0.2) is 9.78 Å². The van der Waals surface area contributed by atoms with Gasteiger partial charge in [-0.3, -0.25) is 4.79 Å². The first-order valence-corrected chi connectivity index (χ1v) is 8.71. The number of carboxylic acid groups (broad SMARTS) is 1. The van der Waals surface area contributed by atoms with E-state index in [1.807, 2.05) is 44.2 Å². The number of nitrogens with zero attached hydrogens (tertiary/aromatic N) is 2. The number of benzene rings is 1. The predicted octanol–water partition coefficient (Wildman–Crippen LogP) is 3.08. The van der Waals surface area contributed by atoms with Crippen LogP contribution < -0.4 is 5.32 Å². The fraction of sp³-hybridized carbons (Fsp3) is 0.300. The summed E-state index contributed by atoms with van der Waals surface area (Å²) in [6.07, 6.45) is 0.190. The van der Waals surface area contributed by atoms with Crippen molar-refractivity contribution in [1.82, 2.24) is 15.5 Å². The van der Waals surface area contributed by atoms with Gasteiger partial charge in [-0.05, 0) is 24.5 Å². The van der Waals surface area contributed by atoms with Crippen LogP contribution in [0.4, 0.5) is 0 Å². The third-order valence-electron chi connectivity index (χ3n) is 4.36. The van der Waals surface area contributed by atoms with Crippen LogP contribution >= 0.6 is 0 Å². The zero-order chi connectivity index (χ0) is 19.6. The lowest BCUT2D eigenvalue weighted by Gasteiger charge is -2.16. The molecule has 0 radical (unpaired) electrons. The normalized spacial score (nSPS) is 12.3. The lowest BCUT2D eigenvalue weighted by Crippen LogP contribution is -2.42. The van der Waals surface area contributed by atoms with E-state index in [-0.39, 0.29) is 18.1 Å². The van der Waals surface area contributed by atoms with Crippen LogP contribution in [0.3, 0.4) is 0 Å². The average molecular weight is 367 g/mol. The average Bonchev–Trinajstić information content (AvgIpc) is 3.02. The van der Waals surface area contributed by atoms with Crippen molar-refractivity contribution in [3.8, 4) is 0 Å². The van der Waals surface area contributed by atoms with Gasteiger partial charge in [0.2, 0.25) is 0 Å². The Balaban J connectivity index is 1.94. The van der Waals surface area contributed by atoms with Crippen LogP contribution in [0.2, 0.25) is 0 Å². The van der Waals surface area contributed by atoms with Gasteiger partial charge in [0.15, 0.2) is 0 Å². The standard InChI is InChI=1S/C20H21N3O4/c1-11(2)15-10-14(17-12(3)23-27-19(17)22-15)18(24)21-16(20(25)26)9-13-7-5-4-6-8-13/h4-8,10-11,16H,9H2,1-3H3,(H,21,24)(H,25,26). The molecule has 27 heavy (non-hydrogen) atoms. The molecule has 2 N–H and O–H groups in total. The highest BCUT2D eigenvalue weighted by molar-refractivity contribution is 6.07. The van der Waals surface area contributed by atoms with Gasteiger partial charge in [0.05, 0.1) is 16.6 Å². The van der Waals surface area contributed by atoms with E-state index in [0.29, 0.717) is 22.3 Å². The van der Waals surface area contributed by atoms with E-state index >= 15 is 0 Å². The van der Waals surface area contributed by atoms with Crippen LogP contribution in [-0.2, 0) is 11.2 Å². The number of amides is 1. The summed E-state index contributed by atoms with van der Waals surface area (Å²) in [5, 5.41) is 16.6. The maximum Gasteiger partial charge on any atom is 0.326 e. The van der Waals surface area contributed by atoms with Gasteiger partial charge in [0, 0.05) is 12.1 Å². The van der Waals surface area contributed by atoms with E-state index in [4.69, 9.17) is 4.52 Å². The fourth-order valence-corrected chi connectivity index (χ4v) is 2.87. The van der Waals surface area contributed by atoms with Gasteiger partial charge in [-0.2, -0.15) is 0 Å². The molecule has 2 aromatic heterocycles. The molecule has 1 atom stereocenters. The first kappa shape index (κ1) is 18.6. The Morgan fingerprint density at radius 2 is 1.93 bits per heavy atom. The highest BCUT2D eigenvalue weighted by Crippen LogP contribution is 2.25. The Morgan fingerprint density at radius 3 is 2.56 bits per heavy atom. The van der Waals surface area contributed by atoms with Gasteiger partial charge in [0.25, 0.3) is 11.6 Å². The van der Waals surface area contributed by atoms with Gasteiger partial charge in [-0.1, -0.05) is 49.3 Å². The summed E-state index contributed by atoms with van der Waals surface area (Å²) in [6.45, 7) is 5.63. The first-order valence-electron chi connectivity index (χ1n) is 8.71. The minimum absolute atomic E-state index is 0.0749. The molecule has 1 aromatic carbocycles. The van der Waals surface area contributed by atoms with E-state index in [2.05, 4.69) is 15.5 Å². The Morgan fingerprint density at radius 1 is 1.22 bits per heavy atom. The van der Waals surface area contributed by atoms with Crippen molar-refractivity contribution in [2.24, 2.45) is 0 Å². The molecule has 0 saturated heterocycles. The number of carbonyl (C=O) groups is 2.